The van der Waals surface area contributed by atoms with Crippen molar-refractivity contribution < 1.29 is 9.59 Å². The molecular formula is C21H20N4O2S. The van der Waals surface area contributed by atoms with E-state index in [0.717, 1.165) is 17.0 Å². The first kappa shape index (κ1) is 19.6. The van der Waals surface area contributed by atoms with Crippen LogP contribution in [0.5, 0.6) is 0 Å². The molecule has 2 amide bonds. The fourth-order valence-electron chi connectivity index (χ4n) is 2.57. The number of anilines is 2. The Morgan fingerprint density at radius 3 is 2.36 bits per heavy atom. The third-order valence-corrected chi connectivity index (χ3v) is 4.55. The van der Waals surface area contributed by atoms with E-state index >= 15 is 0 Å². The zero-order valence-corrected chi connectivity index (χ0v) is 16.4. The minimum absolute atomic E-state index is 0.162. The molecule has 0 radical (unpaired) electrons. The van der Waals surface area contributed by atoms with Gasteiger partial charge in [0, 0.05) is 29.6 Å². The number of rotatable bonds is 6. The summed E-state index contributed by atoms with van der Waals surface area (Å²) in [5.41, 5.74) is 3.94. The molecule has 0 fully saturated rings. The second-order valence-corrected chi connectivity index (χ2v) is 7.08. The molecule has 0 aliphatic rings. The van der Waals surface area contributed by atoms with E-state index in [9.17, 15) is 9.59 Å². The average Bonchev–Trinajstić information content (AvgIpc) is 2.66. The Hall–Kier alpha value is -3.19. The summed E-state index contributed by atoms with van der Waals surface area (Å²) < 4.78 is 0. The number of nitrogens with zero attached hydrogens (tertiary/aromatic N) is 2. The fraction of sp³-hybridized carbons (Fsp3) is 0.143. The van der Waals surface area contributed by atoms with Gasteiger partial charge in [-0.2, -0.15) is 0 Å². The third kappa shape index (κ3) is 5.65. The molecule has 1 heterocycles. The molecule has 0 aliphatic heterocycles. The van der Waals surface area contributed by atoms with Crippen molar-refractivity contribution in [1.82, 2.24) is 9.97 Å². The number of amides is 2. The molecular weight excluding hydrogens is 372 g/mol. The standard InChI is InChI=1S/C21H20N4O2S/c1-14-11-19(16-7-4-3-5-8-16)25-21(22-14)28-13-20(27)24-18-10-6-9-17(12-18)23-15(2)26/h3-12H,13H2,1-2H3,(H,23,26)(H,24,27). The SMILES string of the molecule is CC(=O)Nc1cccc(NC(=O)CSc2nc(C)cc(-c3ccccc3)n2)c1. The normalized spacial score (nSPS) is 10.4. The summed E-state index contributed by atoms with van der Waals surface area (Å²) in [7, 11) is 0. The molecule has 0 saturated heterocycles. The minimum atomic E-state index is -0.170. The molecule has 1 aromatic heterocycles. The lowest BCUT2D eigenvalue weighted by Gasteiger charge is -2.08. The first-order valence-electron chi connectivity index (χ1n) is 8.71. The van der Waals surface area contributed by atoms with E-state index < -0.39 is 0 Å². The lowest BCUT2D eigenvalue weighted by Crippen LogP contribution is -2.15. The summed E-state index contributed by atoms with van der Waals surface area (Å²) in [5, 5.41) is 6.07. The highest BCUT2D eigenvalue weighted by Gasteiger charge is 2.09. The third-order valence-electron chi connectivity index (χ3n) is 3.70. The van der Waals surface area contributed by atoms with E-state index in [-0.39, 0.29) is 17.6 Å². The summed E-state index contributed by atoms with van der Waals surface area (Å²) in [6, 6.07) is 18.8. The number of aromatic nitrogens is 2. The Bertz CT molecular complexity index is 993. The first-order valence-corrected chi connectivity index (χ1v) is 9.69. The highest BCUT2D eigenvalue weighted by molar-refractivity contribution is 7.99. The Morgan fingerprint density at radius 1 is 0.929 bits per heavy atom. The molecule has 142 valence electrons. The Morgan fingerprint density at radius 2 is 1.64 bits per heavy atom. The number of carbonyl (C=O) groups is 2. The van der Waals surface area contributed by atoms with Gasteiger partial charge in [-0.05, 0) is 31.2 Å². The van der Waals surface area contributed by atoms with Gasteiger partial charge in [-0.15, -0.1) is 0 Å². The molecule has 0 atom stereocenters. The van der Waals surface area contributed by atoms with Gasteiger partial charge in [-0.1, -0.05) is 48.2 Å². The van der Waals surface area contributed by atoms with Crippen LogP contribution in [-0.2, 0) is 9.59 Å². The van der Waals surface area contributed by atoms with Gasteiger partial charge < -0.3 is 10.6 Å². The predicted octanol–water partition coefficient (Wildman–Crippen LogP) is 4.14. The van der Waals surface area contributed by atoms with Crippen LogP contribution in [0.1, 0.15) is 12.6 Å². The van der Waals surface area contributed by atoms with Crippen LogP contribution >= 0.6 is 11.8 Å². The van der Waals surface area contributed by atoms with Crippen molar-refractivity contribution in [3.63, 3.8) is 0 Å². The maximum absolute atomic E-state index is 12.3. The van der Waals surface area contributed by atoms with Gasteiger partial charge in [0.25, 0.3) is 0 Å². The highest BCUT2D eigenvalue weighted by atomic mass is 32.2. The largest absolute Gasteiger partial charge is 0.326 e. The molecule has 3 aromatic rings. The lowest BCUT2D eigenvalue weighted by atomic mass is 10.1. The molecule has 6 nitrogen and oxygen atoms in total. The van der Waals surface area contributed by atoms with E-state index in [1.165, 1.54) is 18.7 Å². The van der Waals surface area contributed by atoms with Gasteiger partial charge in [-0.25, -0.2) is 9.97 Å². The summed E-state index contributed by atoms with van der Waals surface area (Å²) in [6.07, 6.45) is 0. The number of nitrogens with one attached hydrogen (secondary N) is 2. The predicted molar refractivity (Wildman–Crippen MR) is 112 cm³/mol. The topological polar surface area (TPSA) is 84.0 Å². The van der Waals surface area contributed by atoms with E-state index in [1.54, 1.807) is 24.3 Å². The summed E-state index contributed by atoms with van der Waals surface area (Å²) in [6.45, 7) is 3.35. The van der Waals surface area contributed by atoms with Crippen LogP contribution in [0.25, 0.3) is 11.3 Å². The van der Waals surface area contributed by atoms with E-state index in [0.29, 0.717) is 16.5 Å². The number of carbonyl (C=O) groups excluding carboxylic acids is 2. The van der Waals surface area contributed by atoms with Crippen LogP contribution < -0.4 is 10.6 Å². The van der Waals surface area contributed by atoms with E-state index in [2.05, 4.69) is 20.6 Å². The van der Waals surface area contributed by atoms with Gasteiger partial charge >= 0.3 is 0 Å². The summed E-state index contributed by atoms with van der Waals surface area (Å²) in [4.78, 5) is 32.4. The first-order chi connectivity index (χ1) is 13.5. The molecule has 0 aliphatic carbocycles. The van der Waals surface area contributed by atoms with E-state index in [4.69, 9.17) is 0 Å². The quantitative estimate of drug-likeness (QED) is 0.486. The molecule has 0 spiro atoms. The smallest absolute Gasteiger partial charge is 0.234 e. The highest BCUT2D eigenvalue weighted by Crippen LogP contribution is 2.22. The van der Waals surface area contributed by atoms with Crippen LogP contribution in [0.4, 0.5) is 11.4 Å². The maximum atomic E-state index is 12.3. The van der Waals surface area contributed by atoms with Crippen molar-refractivity contribution in [3.05, 3.63) is 66.4 Å². The molecule has 28 heavy (non-hydrogen) atoms. The number of hydrogen-bond donors (Lipinski definition) is 2. The number of aryl methyl sites for hydroxylation is 1. The Kier molecular flexibility index (Phi) is 6.39. The van der Waals surface area contributed by atoms with Gasteiger partial charge in [0.05, 0.1) is 11.4 Å². The fourth-order valence-corrected chi connectivity index (χ4v) is 3.27. The number of benzene rings is 2. The van der Waals surface area contributed by atoms with Crippen molar-refractivity contribution in [1.29, 1.82) is 0 Å². The van der Waals surface area contributed by atoms with Crippen LogP contribution in [0.2, 0.25) is 0 Å². The molecule has 2 N–H and O–H groups in total. The Labute approximate surface area is 167 Å². The molecule has 3 rings (SSSR count). The van der Waals surface area contributed by atoms with Crippen molar-refractivity contribution >= 4 is 35.0 Å². The van der Waals surface area contributed by atoms with Crippen molar-refractivity contribution in [3.8, 4) is 11.3 Å². The molecule has 0 unspecified atom stereocenters. The maximum Gasteiger partial charge on any atom is 0.234 e. The van der Waals surface area contributed by atoms with E-state index in [1.807, 2.05) is 43.3 Å². The second kappa shape index (κ2) is 9.14. The van der Waals surface area contributed by atoms with Crippen LogP contribution in [0.3, 0.4) is 0 Å². The van der Waals surface area contributed by atoms with Gasteiger partial charge in [-0.3, -0.25) is 9.59 Å². The van der Waals surface area contributed by atoms with Gasteiger partial charge in [0.2, 0.25) is 11.8 Å². The van der Waals surface area contributed by atoms with Crippen LogP contribution in [-0.4, -0.2) is 27.5 Å². The number of thioether (sulfide) groups is 1. The van der Waals surface area contributed by atoms with Crippen LogP contribution in [0.15, 0.2) is 65.8 Å². The van der Waals surface area contributed by atoms with Gasteiger partial charge in [0.1, 0.15) is 0 Å². The summed E-state index contributed by atoms with van der Waals surface area (Å²) >= 11 is 1.28. The average molecular weight is 392 g/mol. The summed E-state index contributed by atoms with van der Waals surface area (Å²) in [5.74, 6) is -0.150. The zero-order valence-electron chi connectivity index (χ0n) is 15.6. The van der Waals surface area contributed by atoms with Crippen molar-refractivity contribution in [2.24, 2.45) is 0 Å². The second-order valence-electron chi connectivity index (χ2n) is 6.14. The lowest BCUT2D eigenvalue weighted by molar-refractivity contribution is -0.114. The molecule has 0 saturated carbocycles. The van der Waals surface area contributed by atoms with Crippen LogP contribution in [0, 0.1) is 6.92 Å². The van der Waals surface area contributed by atoms with Crippen molar-refractivity contribution in [2.45, 2.75) is 19.0 Å². The monoisotopic (exact) mass is 392 g/mol. The molecule has 7 heteroatoms. The Balaban J connectivity index is 1.63. The number of hydrogen-bond acceptors (Lipinski definition) is 5. The zero-order chi connectivity index (χ0) is 19.9. The van der Waals surface area contributed by atoms with Gasteiger partial charge in [0.15, 0.2) is 5.16 Å². The minimum Gasteiger partial charge on any atom is -0.326 e. The van der Waals surface area contributed by atoms with Crippen molar-refractivity contribution in [2.75, 3.05) is 16.4 Å². The molecule has 0 bridgehead atoms. The molecule has 2 aromatic carbocycles.